The molecular formula is C29H33N3O8S. The first-order valence-corrected chi connectivity index (χ1v) is 15.9. The number of fused-ring (bicyclic) bond motifs is 1. The van der Waals surface area contributed by atoms with Crippen molar-refractivity contribution in [3.05, 3.63) is 52.6 Å². The molecule has 3 fully saturated rings. The van der Waals surface area contributed by atoms with Gasteiger partial charge in [-0.1, -0.05) is 12.1 Å². The molecule has 12 heteroatoms. The zero-order valence-corrected chi connectivity index (χ0v) is 23.4. The Hall–Kier alpha value is -3.19. The van der Waals surface area contributed by atoms with Crippen molar-refractivity contribution in [1.82, 2.24) is 9.80 Å². The van der Waals surface area contributed by atoms with E-state index in [1.54, 1.807) is 24.3 Å². The summed E-state index contributed by atoms with van der Waals surface area (Å²) in [4.78, 5) is 30.9. The number of amides is 2. The lowest BCUT2D eigenvalue weighted by atomic mass is 9.48. The van der Waals surface area contributed by atoms with Gasteiger partial charge in [0.05, 0.1) is 34.4 Å². The minimum absolute atomic E-state index is 0.0455. The number of likely N-dealkylation sites (tertiary alicyclic amines) is 1. The van der Waals surface area contributed by atoms with Crippen LogP contribution in [0, 0.1) is 5.92 Å². The average molecular weight is 584 g/mol. The van der Waals surface area contributed by atoms with Crippen LogP contribution in [0.5, 0.6) is 11.5 Å². The van der Waals surface area contributed by atoms with E-state index in [4.69, 9.17) is 15.0 Å². The Morgan fingerprint density at radius 3 is 2.51 bits per heavy atom. The number of hydrogen-bond acceptors (Lipinski definition) is 9. The highest BCUT2D eigenvalue weighted by molar-refractivity contribution is 7.85. The number of nitrogen functional groups attached to an aromatic ring is 1. The average Bonchev–Trinajstić information content (AvgIpc) is 3.58. The molecule has 3 heterocycles. The highest BCUT2D eigenvalue weighted by Crippen LogP contribution is 2.66. The Kier molecular flexibility index (Phi) is 5.64. The number of imide groups is 1. The maximum Gasteiger partial charge on any atom is 0.264 e. The Bertz CT molecular complexity index is 1600. The third-order valence-corrected chi connectivity index (χ3v) is 10.0. The van der Waals surface area contributed by atoms with Crippen LogP contribution in [-0.4, -0.2) is 87.9 Å². The van der Waals surface area contributed by atoms with E-state index >= 15 is 0 Å². The van der Waals surface area contributed by atoms with Crippen molar-refractivity contribution < 1.29 is 37.5 Å². The lowest BCUT2D eigenvalue weighted by Gasteiger charge is -2.64. The summed E-state index contributed by atoms with van der Waals surface area (Å²) in [6.45, 7) is 1.82. The molecule has 2 aromatic carbocycles. The van der Waals surface area contributed by atoms with E-state index < -0.39 is 39.2 Å². The molecule has 11 nitrogen and oxygen atoms in total. The van der Waals surface area contributed by atoms with Crippen molar-refractivity contribution in [3.63, 3.8) is 0 Å². The molecule has 0 radical (unpaired) electrons. The number of carbonyl (C=O) groups is 2. The Morgan fingerprint density at radius 2 is 1.83 bits per heavy atom. The monoisotopic (exact) mass is 583 g/mol. The van der Waals surface area contributed by atoms with Gasteiger partial charge in [0.1, 0.15) is 6.10 Å². The van der Waals surface area contributed by atoms with Crippen molar-refractivity contribution >= 4 is 27.6 Å². The van der Waals surface area contributed by atoms with Crippen molar-refractivity contribution in [2.45, 2.75) is 67.7 Å². The number of carbonyl (C=O) groups excluding carboxylic acids is 2. The van der Waals surface area contributed by atoms with E-state index in [1.165, 1.54) is 17.7 Å². The summed E-state index contributed by atoms with van der Waals surface area (Å²) in [7, 11) is -3.67. The number of nitrogens with zero attached hydrogens (tertiary/aromatic N) is 2. The third-order valence-electron chi connectivity index (χ3n) is 10.0. The van der Waals surface area contributed by atoms with Crippen LogP contribution < -0.4 is 10.5 Å². The fourth-order valence-corrected chi connectivity index (χ4v) is 8.35. The van der Waals surface area contributed by atoms with Crippen LogP contribution in [0.2, 0.25) is 0 Å². The normalized spacial score (nSPS) is 33.0. The molecule has 3 aliphatic carbocycles. The largest absolute Gasteiger partial charge is 0.504 e. The highest BCUT2D eigenvalue weighted by Gasteiger charge is 2.74. The first-order valence-electron chi connectivity index (χ1n) is 14.0. The van der Waals surface area contributed by atoms with Gasteiger partial charge in [0.15, 0.2) is 11.5 Å². The van der Waals surface area contributed by atoms with E-state index in [1.807, 2.05) is 6.07 Å². The third kappa shape index (κ3) is 3.70. The Labute approximate surface area is 237 Å². The predicted molar refractivity (Wildman–Crippen MR) is 147 cm³/mol. The number of rotatable bonds is 3. The van der Waals surface area contributed by atoms with E-state index in [9.17, 15) is 28.2 Å². The van der Waals surface area contributed by atoms with Gasteiger partial charge in [-0.3, -0.25) is 23.9 Å². The summed E-state index contributed by atoms with van der Waals surface area (Å²) in [6, 6.07) is 7.98. The first-order chi connectivity index (χ1) is 19.3. The lowest BCUT2D eigenvalue weighted by Crippen LogP contribution is -2.78. The molecule has 2 saturated carbocycles. The molecule has 8 rings (SSSR count). The summed E-state index contributed by atoms with van der Waals surface area (Å²) in [5.41, 5.74) is 7.10. The molecule has 2 bridgehead atoms. The molecule has 2 amide bonds. The van der Waals surface area contributed by atoms with Crippen molar-refractivity contribution in [2.75, 3.05) is 25.1 Å². The molecule has 218 valence electrons. The van der Waals surface area contributed by atoms with Crippen LogP contribution in [0.4, 0.5) is 5.69 Å². The van der Waals surface area contributed by atoms with Crippen LogP contribution in [0.15, 0.2) is 30.3 Å². The van der Waals surface area contributed by atoms with Gasteiger partial charge in [-0.25, -0.2) is 0 Å². The van der Waals surface area contributed by atoms with Gasteiger partial charge in [0.25, 0.3) is 21.9 Å². The van der Waals surface area contributed by atoms with Crippen molar-refractivity contribution in [1.29, 1.82) is 0 Å². The Morgan fingerprint density at radius 1 is 1.10 bits per heavy atom. The molecule has 0 aromatic heterocycles. The van der Waals surface area contributed by atoms with Crippen LogP contribution >= 0.6 is 0 Å². The summed E-state index contributed by atoms with van der Waals surface area (Å²) >= 11 is 0. The first kappa shape index (κ1) is 26.7. The molecule has 2 aromatic rings. The number of aliphatic hydroxyl groups is 1. The van der Waals surface area contributed by atoms with Crippen LogP contribution in [-0.2, 0) is 22.0 Å². The highest BCUT2D eigenvalue weighted by atomic mass is 32.2. The second kappa shape index (κ2) is 8.66. The Balaban J connectivity index is 0.000000512. The molecule has 41 heavy (non-hydrogen) atoms. The van der Waals surface area contributed by atoms with Gasteiger partial charge >= 0.3 is 0 Å². The molecule has 1 saturated heterocycles. The number of piperidine rings is 1. The maximum absolute atomic E-state index is 13.6. The summed E-state index contributed by atoms with van der Waals surface area (Å²) in [5.74, 6) is 0.395. The van der Waals surface area contributed by atoms with Crippen molar-refractivity contribution in [2.24, 2.45) is 5.92 Å². The lowest BCUT2D eigenvalue weighted by molar-refractivity contribution is -0.196. The predicted octanol–water partition coefficient (Wildman–Crippen LogP) is 1.71. The standard InChI is InChI=1S/C28H29N3O5.CH4O3S/c29-17-3-1-2-16-21(17)26(34)31(25(16)33)18-8-9-28(35)20-12-15-6-7-19(32)23-22(15)27(28,24(18)36-23)10-11-30(20)13-14-4-5-14;1-5(2,3)4/h1-3,6-7,14,18,20,24,32,35H,4-5,8-13,29H2;1H3,(H,2,3,4)/t18-,20-,24+,27+,28-;/m1./s1. The van der Waals surface area contributed by atoms with Crippen LogP contribution in [0.3, 0.4) is 0 Å². The van der Waals surface area contributed by atoms with Gasteiger partial charge in [-0.2, -0.15) is 8.42 Å². The smallest absolute Gasteiger partial charge is 0.264 e. The minimum Gasteiger partial charge on any atom is -0.504 e. The van der Waals surface area contributed by atoms with Crippen molar-refractivity contribution in [3.8, 4) is 11.5 Å². The number of aromatic hydroxyl groups is 1. The maximum atomic E-state index is 13.6. The number of phenols is 1. The SMILES string of the molecule is CS(=O)(=O)O.Nc1cccc2c1C(=O)N([C@@H]1CC[C@@]3(O)[C@H]4Cc5ccc(O)c6c5[C@@]3(CCN4CC3CC3)[C@H]1O6)C2=O. The molecule has 5 N–H and O–H groups in total. The summed E-state index contributed by atoms with van der Waals surface area (Å²) in [5, 5.41) is 23.4. The van der Waals surface area contributed by atoms with Crippen LogP contribution in [0.25, 0.3) is 0 Å². The quantitative estimate of drug-likeness (QED) is 0.237. The van der Waals surface area contributed by atoms with Gasteiger partial charge in [-0.05, 0) is 74.8 Å². The molecule has 6 aliphatic rings. The molecule has 3 aliphatic heterocycles. The zero-order chi connectivity index (χ0) is 29.1. The molecule has 1 spiro atoms. The second-order valence-corrected chi connectivity index (χ2v) is 13.8. The molecular weight excluding hydrogens is 550 g/mol. The zero-order valence-electron chi connectivity index (χ0n) is 22.6. The number of phenolic OH excluding ortho intramolecular Hbond substituents is 1. The number of anilines is 1. The van der Waals surface area contributed by atoms with Gasteiger partial charge in [-0.15, -0.1) is 0 Å². The van der Waals surface area contributed by atoms with Gasteiger partial charge < -0.3 is 20.7 Å². The number of benzene rings is 2. The van der Waals surface area contributed by atoms with E-state index in [0.717, 1.165) is 24.2 Å². The number of ether oxygens (including phenoxy) is 1. The molecule has 0 unspecified atom stereocenters. The van der Waals surface area contributed by atoms with E-state index in [-0.39, 0.29) is 23.3 Å². The fraction of sp³-hybridized carbons (Fsp3) is 0.517. The minimum atomic E-state index is -3.67. The molecule has 5 atom stereocenters. The topological polar surface area (TPSA) is 171 Å². The van der Waals surface area contributed by atoms with Gasteiger partial charge in [0.2, 0.25) is 0 Å². The van der Waals surface area contributed by atoms with Crippen LogP contribution in [0.1, 0.15) is 63.9 Å². The number of hydrogen-bond donors (Lipinski definition) is 4. The summed E-state index contributed by atoms with van der Waals surface area (Å²) in [6.07, 6.45) is 4.84. The second-order valence-electron chi connectivity index (χ2n) is 12.4. The summed E-state index contributed by atoms with van der Waals surface area (Å²) < 4.78 is 32.4. The number of nitrogens with two attached hydrogens (primary N) is 1. The van der Waals surface area contributed by atoms with E-state index in [2.05, 4.69) is 4.90 Å². The fourth-order valence-electron chi connectivity index (χ4n) is 8.35. The van der Waals surface area contributed by atoms with Gasteiger partial charge in [0, 0.05) is 23.8 Å². The van der Waals surface area contributed by atoms with E-state index in [0.29, 0.717) is 54.9 Å².